The van der Waals surface area contributed by atoms with Crippen molar-refractivity contribution in [2.75, 3.05) is 17.2 Å². The minimum Gasteiger partial charge on any atom is -0.369 e. The molecule has 2 aliphatic rings. The highest BCUT2D eigenvalue weighted by atomic mass is 35.5. The number of benzene rings is 1. The van der Waals surface area contributed by atoms with Gasteiger partial charge in [0.2, 0.25) is 24.2 Å². The van der Waals surface area contributed by atoms with Crippen molar-refractivity contribution in [3.8, 4) is 0 Å². The van der Waals surface area contributed by atoms with Gasteiger partial charge in [0.05, 0.1) is 34.6 Å². The van der Waals surface area contributed by atoms with Crippen LogP contribution in [-0.4, -0.2) is 44.4 Å². The van der Waals surface area contributed by atoms with Crippen LogP contribution in [0.5, 0.6) is 0 Å². The second-order valence-corrected chi connectivity index (χ2v) is 10.4. The lowest BCUT2D eigenvalue weighted by Gasteiger charge is -2.29. The van der Waals surface area contributed by atoms with E-state index in [0.29, 0.717) is 76.6 Å². The average molecular weight is 557 g/mol. The minimum absolute atomic E-state index is 0.0207. The smallest absolute Gasteiger partial charge is 0.225 e. The van der Waals surface area contributed by atoms with Gasteiger partial charge in [-0.25, -0.2) is 14.4 Å². The molecule has 5 rings (SSSR count). The van der Waals surface area contributed by atoms with Crippen LogP contribution < -0.4 is 16.4 Å². The summed E-state index contributed by atoms with van der Waals surface area (Å²) in [7, 11) is 0. The Morgan fingerprint density at radius 3 is 2.50 bits per heavy atom. The lowest BCUT2D eigenvalue weighted by atomic mass is 9.85. The molecule has 9 nitrogen and oxygen atoms in total. The van der Waals surface area contributed by atoms with Crippen LogP contribution in [0.4, 0.5) is 22.0 Å². The number of anilines is 3. The molecule has 1 aromatic carbocycles. The van der Waals surface area contributed by atoms with Gasteiger partial charge in [0, 0.05) is 17.0 Å². The van der Waals surface area contributed by atoms with E-state index in [1.54, 1.807) is 18.3 Å². The number of amides is 1. The number of nitrogens with two attached hydrogens (primary N) is 1. The minimum atomic E-state index is -1.43. The zero-order valence-electron chi connectivity index (χ0n) is 19.2. The van der Waals surface area contributed by atoms with E-state index in [-0.39, 0.29) is 23.8 Å². The Kier molecular flexibility index (Phi) is 7.39. The van der Waals surface area contributed by atoms with Crippen LogP contribution in [0.15, 0.2) is 18.3 Å². The lowest BCUT2D eigenvalue weighted by Crippen LogP contribution is -2.37. The Balaban J connectivity index is 1.53. The van der Waals surface area contributed by atoms with E-state index >= 15 is 0 Å². The van der Waals surface area contributed by atoms with Crippen molar-refractivity contribution in [2.24, 2.45) is 11.7 Å². The molecule has 3 heterocycles. The number of hydrogen-bond acceptors (Lipinski definition) is 7. The third-order valence-corrected chi connectivity index (χ3v) is 7.52. The molecule has 0 spiro atoms. The van der Waals surface area contributed by atoms with Crippen molar-refractivity contribution in [1.82, 2.24) is 19.5 Å². The summed E-state index contributed by atoms with van der Waals surface area (Å²) in [5, 5.41) is 7.37. The molecule has 2 atom stereocenters. The van der Waals surface area contributed by atoms with Crippen molar-refractivity contribution in [3.05, 3.63) is 33.4 Å². The van der Waals surface area contributed by atoms with Crippen molar-refractivity contribution < 1.29 is 13.9 Å². The number of carbonyl (C=O) groups is 1. The number of nitrogens with zero attached hydrogens (tertiary/aromatic N) is 4. The van der Waals surface area contributed by atoms with Crippen LogP contribution in [-0.2, 0) is 9.53 Å². The molecule has 0 bridgehead atoms. The van der Waals surface area contributed by atoms with Gasteiger partial charge in [-0.1, -0.05) is 34.8 Å². The normalized spacial score (nSPS) is 24.6. The third-order valence-electron chi connectivity index (χ3n) is 6.71. The third kappa shape index (κ3) is 5.18. The number of primary amides is 1. The van der Waals surface area contributed by atoms with E-state index in [0.717, 1.165) is 6.42 Å². The average Bonchev–Trinajstić information content (AvgIpc) is 3.20. The topological polar surface area (TPSA) is 120 Å². The van der Waals surface area contributed by atoms with Crippen LogP contribution in [0.2, 0.25) is 15.1 Å². The van der Waals surface area contributed by atoms with Crippen LogP contribution in [0.1, 0.15) is 44.6 Å². The molecule has 1 saturated carbocycles. The summed E-state index contributed by atoms with van der Waals surface area (Å²) in [5.41, 5.74) is 7.09. The first-order valence-electron chi connectivity index (χ1n) is 11.8. The number of fused-ring (bicyclic) bond motifs is 1. The zero-order chi connectivity index (χ0) is 25.4. The molecular weight excluding hydrogens is 532 g/mol. The summed E-state index contributed by atoms with van der Waals surface area (Å²) in [6.45, 7) is 0.394. The second-order valence-electron chi connectivity index (χ2n) is 9.10. The van der Waals surface area contributed by atoms with Crippen LogP contribution in [0, 0.1) is 5.92 Å². The summed E-state index contributed by atoms with van der Waals surface area (Å²) >= 11 is 18.9. The number of carbonyl (C=O) groups excluding carboxylic acids is 1. The molecular formula is C23H25Cl3FN7O2. The SMILES string of the molecule is NC(=O)C1CCC(n2c(Nc3c(Cl)cc(Cl)cc3Cl)nc3cnc(N[C@H]4CCCO[C@@H]4F)nc32)CC1. The first-order chi connectivity index (χ1) is 17.3. The standard InChI is InChI=1S/C23H25Cl3FN7O2/c24-12-8-14(25)18(15(26)9-12)32-23-31-17-10-29-22(30-16-2-1-7-36-19(16)27)33-21(17)34(23)13-5-3-11(4-6-13)20(28)35/h8-11,13,16,19H,1-7H2,(H2,28,35)(H,31,32)(H,29,30,33)/t11?,13?,16-,19-/m0/s1. The van der Waals surface area contributed by atoms with Crippen LogP contribution in [0.3, 0.4) is 0 Å². The van der Waals surface area contributed by atoms with E-state index in [1.165, 1.54) is 0 Å². The van der Waals surface area contributed by atoms with E-state index in [2.05, 4.69) is 15.6 Å². The maximum atomic E-state index is 14.2. The highest BCUT2D eigenvalue weighted by Crippen LogP contribution is 2.40. The monoisotopic (exact) mass is 555 g/mol. The van der Waals surface area contributed by atoms with Gasteiger partial charge in [0.1, 0.15) is 5.52 Å². The van der Waals surface area contributed by atoms with Gasteiger partial charge in [-0.2, -0.15) is 4.98 Å². The zero-order valence-corrected chi connectivity index (χ0v) is 21.5. The fourth-order valence-electron chi connectivity index (χ4n) is 4.84. The summed E-state index contributed by atoms with van der Waals surface area (Å²) < 4.78 is 21.3. The summed E-state index contributed by atoms with van der Waals surface area (Å²) in [4.78, 5) is 25.5. The molecule has 192 valence electrons. The van der Waals surface area contributed by atoms with Gasteiger partial charge in [-0.05, 0) is 50.7 Å². The second kappa shape index (κ2) is 10.5. The first kappa shape index (κ1) is 25.3. The number of alkyl halides is 1. The number of halogens is 4. The van der Waals surface area contributed by atoms with E-state index < -0.39 is 12.4 Å². The molecule has 3 aromatic rings. The van der Waals surface area contributed by atoms with Gasteiger partial charge in [0.25, 0.3) is 0 Å². The van der Waals surface area contributed by atoms with Crippen molar-refractivity contribution in [3.63, 3.8) is 0 Å². The summed E-state index contributed by atoms with van der Waals surface area (Å²) in [5.74, 6) is 0.301. The molecule has 1 aliphatic heterocycles. The highest BCUT2D eigenvalue weighted by Gasteiger charge is 2.30. The van der Waals surface area contributed by atoms with Crippen molar-refractivity contribution >= 4 is 69.5 Å². The summed E-state index contributed by atoms with van der Waals surface area (Å²) in [6, 6.07) is 2.61. The van der Waals surface area contributed by atoms with Crippen molar-refractivity contribution in [1.29, 1.82) is 0 Å². The largest absolute Gasteiger partial charge is 0.369 e. The van der Waals surface area contributed by atoms with Crippen molar-refractivity contribution in [2.45, 2.75) is 57.0 Å². The molecule has 0 unspecified atom stereocenters. The fraction of sp³-hybridized carbons (Fsp3) is 0.478. The van der Waals surface area contributed by atoms with Gasteiger partial charge in [-0.15, -0.1) is 0 Å². The van der Waals surface area contributed by atoms with Gasteiger partial charge >= 0.3 is 0 Å². The van der Waals surface area contributed by atoms with E-state index in [1.807, 2.05) is 4.57 Å². The molecule has 2 aromatic heterocycles. The molecule has 13 heteroatoms. The maximum absolute atomic E-state index is 14.2. The highest BCUT2D eigenvalue weighted by molar-refractivity contribution is 6.41. The Bertz CT molecular complexity index is 1260. The molecule has 1 saturated heterocycles. The molecule has 2 fully saturated rings. The van der Waals surface area contributed by atoms with Gasteiger partial charge < -0.3 is 21.1 Å². The molecule has 0 radical (unpaired) electrons. The van der Waals surface area contributed by atoms with Gasteiger partial charge in [-0.3, -0.25) is 9.36 Å². The number of ether oxygens (including phenoxy) is 1. The quantitative estimate of drug-likeness (QED) is 0.360. The number of rotatable bonds is 6. The Morgan fingerprint density at radius 1 is 1.11 bits per heavy atom. The summed E-state index contributed by atoms with van der Waals surface area (Å²) in [6.07, 6.45) is 4.22. The Labute approximate surface area is 221 Å². The fourth-order valence-corrected chi connectivity index (χ4v) is 5.75. The Hall–Kier alpha value is -2.40. The number of aromatic nitrogens is 4. The van der Waals surface area contributed by atoms with E-state index in [4.69, 9.17) is 55.2 Å². The molecule has 36 heavy (non-hydrogen) atoms. The van der Waals surface area contributed by atoms with Gasteiger partial charge in [0.15, 0.2) is 5.65 Å². The lowest BCUT2D eigenvalue weighted by molar-refractivity contribution is -0.122. The number of hydrogen-bond donors (Lipinski definition) is 3. The predicted octanol–water partition coefficient (Wildman–Crippen LogP) is 5.63. The maximum Gasteiger partial charge on any atom is 0.225 e. The number of imidazole rings is 1. The van der Waals surface area contributed by atoms with Crippen LogP contribution >= 0.6 is 34.8 Å². The number of nitrogens with one attached hydrogen (secondary N) is 2. The molecule has 4 N–H and O–H groups in total. The predicted molar refractivity (Wildman–Crippen MR) is 138 cm³/mol. The first-order valence-corrected chi connectivity index (χ1v) is 12.9. The molecule has 1 aliphatic carbocycles. The molecule has 1 amide bonds. The van der Waals surface area contributed by atoms with Crippen LogP contribution in [0.25, 0.3) is 11.2 Å². The van der Waals surface area contributed by atoms with E-state index in [9.17, 15) is 9.18 Å². The Morgan fingerprint density at radius 2 is 1.83 bits per heavy atom.